The van der Waals surface area contributed by atoms with E-state index in [4.69, 9.17) is 26.8 Å². The summed E-state index contributed by atoms with van der Waals surface area (Å²) in [7, 11) is 1.71. The maximum atomic E-state index is 12.0. The number of anilines is 2. The molecule has 0 amide bonds. The van der Waals surface area contributed by atoms with Gasteiger partial charge in [0, 0.05) is 19.3 Å². The molecule has 0 radical (unpaired) electrons. The lowest BCUT2D eigenvalue weighted by Gasteiger charge is -2.41. The normalized spacial score (nSPS) is 16.1. The fourth-order valence-corrected chi connectivity index (χ4v) is 2.75. The molecule has 5 nitrogen and oxygen atoms in total. The van der Waals surface area contributed by atoms with Crippen LogP contribution in [0.4, 0.5) is 11.4 Å². The average Bonchev–Trinajstić information content (AvgIpc) is 2.39. The molecule has 1 fully saturated rings. The summed E-state index contributed by atoms with van der Waals surface area (Å²) in [5.74, 6) is -0.436. The molecule has 1 aliphatic carbocycles. The number of nitrogens with two attached hydrogens (primary N) is 1. The third kappa shape index (κ3) is 3.41. The van der Waals surface area contributed by atoms with Crippen LogP contribution in [-0.2, 0) is 9.47 Å². The molecule has 0 heterocycles. The number of benzene rings is 1. The third-order valence-corrected chi connectivity index (χ3v) is 4.19. The molecule has 21 heavy (non-hydrogen) atoms. The van der Waals surface area contributed by atoms with Crippen LogP contribution in [0.5, 0.6) is 0 Å². The number of nitrogens with one attached hydrogen (secondary N) is 1. The first-order valence-corrected chi connectivity index (χ1v) is 7.44. The molecule has 2 rings (SSSR count). The van der Waals surface area contributed by atoms with E-state index < -0.39 is 5.97 Å². The summed E-state index contributed by atoms with van der Waals surface area (Å²) >= 11 is 6.22. The molecule has 0 aliphatic heterocycles. The second-order valence-electron chi connectivity index (χ2n) is 5.24. The zero-order valence-electron chi connectivity index (χ0n) is 12.4. The van der Waals surface area contributed by atoms with Gasteiger partial charge in [-0.15, -0.1) is 0 Å². The van der Waals surface area contributed by atoms with Crippen LogP contribution in [0.15, 0.2) is 12.1 Å². The zero-order valence-corrected chi connectivity index (χ0v) is 13.1. The number of carbonyl (C=O) groups excluding carboxylic acids is 1. The van der Waals surface area contributed by atoms with Crippen LogP contribution in [0, 0.1) is 0 Å². The highest BCUT2D eigenvalue weighted by molar-refractivity contribution is 6.34. The van der Waals surface area contributed by atoms with Gasteiger partial charge in [-0.25, -0.2) is 4.79 Å². The summed E-state index contributed by atoms with van der Waals surface area (Å²) in [5, 5.41) is 3.63. The van der Waals surface area contributed by atoms with E-state index in [1.165, 1.54) is 0 Å². The largest absolute Gasteiger partial charge is 0.462 e. The minimum Gasteiger partial charge on any atom is -0.462 e. The monoisotopic (exact) mass is 312 g/mol. The van der Waals surface area contributed by atoms with Gasteiger partial charge in [-0.3, -0.25) is 0 Å². The maximum Gasteiger partial charge on any atom is 0.340 e. The second-order valence-corrected chi connectivity index (χ2v) is 5.65. The Kier molecular flexibility index (Phi) is 4.96. The lowest BCUT2D eigenvalue weighted by Crippen LogP contribution is -2.45. The Balaban J connectivity index is 2.22. The van der Waals surface area contributed by atoms with Crippen molar-refractivity contribution in [2.24, 2.45) is 0 Å². The predicted molar refractivity (Wildman–Crippen MR) is 83.9 cm³/mol. The minimum absolute atomic E-state index is 0.170. The lowest BCUT2D eigenvalue weighted by atomic mass is 9.80. The van der Waals surface area contributed by atoms with E-state index in [0.29, 0.717) is 35.1 Å². The molecule has 116 valence electrons. The van der Waals surface area contributed by atoms with Gasteiger partial charge in [0.15, 0.2) is 0 Å². The minimum atomic E-state index is -0.436. The van der Waals surface area contributed by atoms with Gasteiger partial charge in [0.2, 0.25) is 0 Å². The number of halogens is 1. The number of methoxy groups -OCH3 is 1. The van der Waals surface area contributed by atoms with E-state index in [1.807, 2.05) is 0 Å². The van der Waals surface area contributed by atoms with Crippen LogP contribution >= 0.6 is 11.6 Å². The molecule has 0 atom stereocenters. The summed E-state index contributed by atoms with van der Waals surface area (Å²) in [6.07, 6.45) is 3.14. The first kappa shape index (κ1) is 15.9. The number of carbonyl (C=O) groups is 1. The standard InChI is InChI=1S/C15H21ClN2O3/c1-3-21-14(19)11-7-10(17)8-12(16)13(11)18-9-15(20-2)5-4-6-15/h7-8,18H,3-6,9,17H2,1-2H3. The van der Waals surface area contributed by atoms with Crippen LogP contribution in [0.25, 0.3) is 0 Å². The highest BCUT2D eigenvalue weighted by atomic mass is 35.5. The van der Waals surface area contributed by atoms with Crippen molar-refractivity contribution < 1.29 is 14.3 Å². The molecule has 0 saturated heterocycles. The van der Waals surface area contributed by atoms with Crippen molar-refractivity contribution in [3.63, 3.8) is 0 Å². The van der Waals surface area contributed by atoms with Gasteiger partial charge in [0.25, 0.3) is 0 Å². The van der Waals surface area contributed by atoms with Gasteiger partial charge in [-0.1, -0.05) is 11.6 Å². The van der Waals surface area contributed by atoms with Gasteiger partial charge in [-0.05, 0) is 38.3 Å². The van der Waals surface area contributed by atoms with Crippen molar-refractivity contribution >= 4 is 28.9 Å². The molecule has 0 unspecified atom stereocenters. The van der Waals surface area contributed by atoms with E-state index >= 15 is 0 Å². The number of hydrogen-bond acceptors (Lipinski definition) is 5. The van der Waals surface area contributed by atoms with E-state index in [0.717, 1.165) is 19.3 Å². The fourth-order valence-electron chi connectivity index (χ4n) is 2.45. The summed E-state index contributed by atoms with van der Waals surface area (Å²) in [4.78, 5) is 12.0. The molecule has 0 aromatic heterocycles. The summed E-state index contributed by atoms with van der Waals surface area (Å²) in [6, 6.07) is 3.19. The zero-order chi connectivity index (χ0) is 15.5. The summed E-state index contributed by atoms with van der Waals surface area (Å²) in [5.41, 5.74) is 6.93. The Morgan fingerprint density at radius 3 is 2.71 bits per heavy atom. The molecule has 6 heteroatoms. The quantitative estimate of drug-likeness (QED) is 0.624. The lowest BCUT2D eigenvalue weighted by molar-refractivity contribution is -0.0601. The van der Waals surface area contributed by atoms with Crippen LogP contribution in [-0.4, -0.2) is 31.8 Å². The molecule has 1 aromatic carbocycles. The number of hydrogen-bond donors (Lipinski definition) is 2. The Labute approximate surface area is 129 Å². The number of rotatable bonds is 6. The number of ether oxygens (including phenoxy) is 2. The smallest absolute Gasteiger partial charge is 0.340 e. The molecule has 0 bridgehead atoms. The molecule has 1 aromatic rings. The van der Waals surface area contributed by atoms with E-state index in [1.54, 1.807) is 26.2 Å². The SMILES string of the molecule is CCOC(=O)c1cc(N)cc(Cl)c1NCC1(OC)CCC1. The van der Waals surface area contributed by atoms with Crippen LogP contribution in [0.2, 0.25) is 5.02 Å². The number of nitrogen functional groups attached to an aromatic ring is 1. The Bertz CT molecular complexity index is 524. The molecule has 1 saturated carbocycles. The van der Waals surface area contributed by atoms with Gasteiger partial charge < -0.3 is 20.5 Å². The van der Waals surface area contributed by atoms with Crippen LogP contribution in [0.3, 0.4) is 0 Å². The van der Waals surface area contributed by atoms with Crippen molar-refractivity contribution in [2.75, 3.05) is 31.3 Å². The van der Waals surface area contributed by atoms with Crippen molar-refractivity contribution in [1.29, 1.82) is 0 Å². The van der Waals surface area contributed by atoms with E-state index in [-0.39, 0.29) is 5.60 Å². The van der Waals surface area contributed by atoms with Gasteiger partial charge in [0.05, 0.1) is 28.5 Å². The maximum absolute atomic E-state index is 12.0. The molecule has 0 spiro atoms. The fraction of sp³-hybridized carbons (Fsp3) is 0.533. The van der Waals surface area contributed by atoms with Gasteiger partial charge in [0.1, 0.15) is 0 Å². The molecule has 1 aliphatic rings. The molecule has 3 N–H and O–H groups in total. The molecular weight excluding hydrogens is 292 g/mol. The van der Waals surface area contributed by atoms with Crippen LogP contribution < -0.4 is 11.1 Å². The highest BCUT2D eigenvalue weighted by Crippen LogP contribution is 2.37. The highest BCUT2D eigenvalue weighted by Gasteiger charge is 2.37. The molecular formula is C15H21ClN2O3. The third-order valence-electron chi connectivity index (χ3n) is 3.89. The topological polar surface area (TPSA) is 73.6 Å². The summed E-state index contributed by atoms with van der Waals surface area (Å²) < 4.78 is 10.6. The van der Waals surface area contributed by atoms with E-state index in [2.05, 4.69) is 5.32 Å². The Morgan fingerprint density at radius 2 is 2.19 bits per heavy atom. The van der Waals surface area contributed by atoms with Gasteiger partial charge in [-0.2, -0.15) is 0 Å². The van der Waals surface area contributed by atoms with Crippen molar-refractivity contribution in [3.05, 3.63) is 22.7 Å². The first-order valence-electron chi connectivity index (χ1n) is 7.06. The predicted octanol–water partition coefficient (Wildman–Crippen LogP) is 3.08. The number of esters is 1. The van der Waals surface area contributed by atoms with E-state index in [9.17, 15) is 4.79 Å². The van der Waals surface area contributed by atoms with Gasteiger partial charge >= 0.3 is 5.97 Å². The first-order chi connectivity index (χ1) is 10.0. The second kappa shape index (κ2) is 6.54. The Morgan fingerprint density at radius 1 is 1.48 bits per heavy atom. The average molecular weight is 313 g/mol. The van der Waals surface area contributed by atoms with Crippen molar-refractivity contribution in [3.8, 4) is 0 Å². The van der Waals surface area contributed by atoms with Crippen LogP contribution in [0.1, 0.15) is 36.5 Å². The summed E-state index contributed by atoms with van der Waals surface area (Å²) in [6.45, 7) is 2.65. The van der Waals surface area contributed by atoms with Crippen molar-refractivity contribution in [1.82, 2.24) is 0 Å². The van der Waals surface area contributed by atoms with Crippen molar-refractivity contribution in [2.45, 2.75) is 31.8 Å². The Hall–Kier alpha value is -1.46.